The molecule has 3 aromatic carbocycles. The summed E-state index contributed by atoms with van der Waals surface area (Å²) in [4.78, 5) is 41.8. The molecule has 3 rings (SSSR count). The van der Waals surface area contributed by atoms with E-state index in [1.807, 2.05) is 91.0 Å². The van der Waals surface area contributed by atoms with Crippen LogP contribution in [0.4, 0.5) is 5.69 Å². The minimum Gasteiger partial charge on any atom is -0.460 e. The second kappa shape index (κ2) is 20.9. The van der Waals surface area contributed by atoms with E-state index in [0.717, 1.165) is 62.6 Å². The summed E-state index contributed by atoms with van der Waals surface area (Å²) in [6, 6.07) is 27.3. The van der Waals surface area contributed by atoms with Gasteiger partial charge in [-0.3, -0.25) is 19.7 Å². The van der Waals surface area contributed by atoms with Crippen molar-refractivity contribution in [2.24, 2.45) is 5.73 Å². The number of aryl methyl sites for hydroxylation is 1. The Bertz CT molecular complexity index is 1260. The van der Waals surface area contributed by atoms with Crippen LogP contribution in [0, 0.1) is 0 Å². The van der Waals surface area contributed by atoms with Crippen LogP contribution in [-0.4, -0.2) is 54.4 Å². The molecule has 3 aromatic rings. The van der Waals surface area contributed by atoms with Gasteiger partial charge in [-0.1, -0.05) is 111 Å². The number of esters is 1. The van der Waals surface area contributed by atoms with E-state index in [9.17, 15) is 14.4 Å². The summed E-state index contributed by atoms with van der Waals surface area (Å²) in [6.45, 7) is 2.99. The Morgan fingerprint density at radius 3 is 1.93 bits per heavy atom. The van der Waals surface area contributed by atoms with Crippen molar-refractivity contribution in [3.05, 3.63) is 102 Å². The van der Waals surface area contributed by atoms with Crippen molar-refractivity contribution in [1.82, 2.24) is 10.2 Å². The number of carbonyl (C=O) groups is 3. The molecule has 0 aliphatic carbocycles. The lowest BCUT2D eigenvalue weighted by atomic mass is 10.0. The fourth-order valence-corrected chi connectivity index (χ4v) is 5.17. The number of rotatable bonds is 21. The summed E-state index contributed by atoms with van der Waals surface area (Å²) >= 11 is 0. The van der Waals surface area contributed by atoms with Gasteiger partial charge in [0, 0.05) is 12.2 Å². The summed E-state index contributed by atoms with van der Waals surface area (Å²) in [7, 11) is 0. The van der Waals surface area contributed by atoms with Crippen LogP contribution >= 0.6 is 0 Å². The molecule has 0 saturated heterocycles. The van der Waals surface area contributed by atoms with E-state index < -0.39 is 18.1 Å². The van der Waals surface area contributed by atoms with E-state index in [1.165, 1.54) is 0 Å². The van der Waals surface area contributed by atoms with Crippen LogP contribution < -0.4 is 16.4 Å². The first kappa shape index (κ1) is 35.5. The first-order valence-corrected chi connectivity index (χ1v) is 16.3. The number of amides is 2. The van der Waals surface area contributed by atoms with E-state index in [4.69, 9.17) is 10.5 Å². The maximum atomic E-state index is 14.1. The average molecular weight is 615 g/mol. The van der Waals surface area contributed by atoms with Gasteiger partial charge in [-0.2, -0.15) is 0 Å². The number of hydrogen-bond donors (Lipinski definition) is 3. The van der Waals surface area contributed by atoms with Crippen LogP contribution in [0.2, 0.25) is 0 Å². The molecule has 4 N–H and O–H groups in total. The highest BCUT2D eigenvalue weighted by molar-refractivity contribution is 5.95. The summed E-state index contributed by atoms with van der Waals surface area (Å²) in [5.74, 6) is -0.882. The normalized spacial score (nSPS) is 12.2. The third-order valence-electron chi connectivity index (χ3n) is 7.73. The van der Waals surface area contributed by atoms with Gasteiger partial charge in [-0.25, -0.2) is 0 Å². The lowest BCUT2D eigenvalue weighted by molar-refractivity contribution is -0.148. The molecule has 0 bridgehead atoms. The summed E-state index contributed by atoms with van der Waals surface area (Å²) in [6.07, 6.45) is 8.42. The van der Waals surface area contributed by atoms with Gasteiger partial charge in [0.2, 0.25) is 11.8 Å². The molecule has 0 aliphatic heterocycles. The Morgan fingerprint density at radius 1 is 0.756 bits per heavy atom. The van der Waals surface area contributed by atoms with Crippen LogP contribution in [0.1, 0.15) is 69.4 Å². The topological polar surface area (TPSA) is 114 Å². The molecular weight excluding hydrogens is 564 g/mol. The van der Waals surface area contributed by atoms with Crippen molar-refractivity contribution in [1.29, 1.82) is 0 Å². The number of benzene rings is 3. The second-order valence-electron chi connectivity index (χ2n) is 11.5. The first-order valence-electron chi connectivity index (χ1n) is 16.3. The maximum Gasteiger partial charge on any atom is 0.323 e. The van der Waals surface area contributed by atoms with Gasteiger partial charge < -0.3 is 20.7 Å². The van der Waals surface area contributed by atoms with Gasteiger partial charge >= 0.3 is 5.97 Å². The van der Waals surface area contributed by atoms with E-state index in [0.29, 0.717) is 25.1 Å². The molecule has 2 amide bonds. The van der Waals surface area contributed by atoms with Crippen LogP contribution in [0.5, 0.6) is 0 Å². The van der Waals surface area contributed by atoms with Crippen molar-refractivity contribution in [2.75, 3.05) is 25.0 Å². The molecule has 45 heavy (non-hydrogen) atoms. The summed E-state index contributed by atoms with van der Waals surface area (Å²) in [5, 5.41) is 6.16. The number of anilines is 1. The van der Waals surface area contributed by atoms with Crippen molar-refractivity contribution in [3.63, 3.8) is 0 Å². The molecule has 8 heteroatoms. The number of hydrogen-bond acceptors (Lipinski definition) is 6. The van der Waals surface area contributed by atoms with E-state index in [1.54, 1.807) is 11.8 Å². The third kappa shape index (κ3) is 14.1. The molecule has 8 nitrogen and oxygen atoms in total. The summed E-state index contributed by atoms with van der Waals surface area (Å²) < 4.78 is 5.55. The van der Waals surface area contributed by atoms with Gasteiger partial charge in [0.15, 0.2) is 0 Å². The highest BCUT2D eigenvalue weighted by atomic mass is 16.5. The van der Waals surface area contributed by atoms with E-state index >= 15 is 0 Å². The molecule has 0 saturated carbocycles. The molecule has 0 radical (unpaired) electrons. The first-order chi connectivity index (χ1) is 22.0. The van der Waals surface area contributed by atoms with Crippen molar-refractivity contribution < 1.29 is 19.1 Å². The minimum atomic E-state index is -0.716. The largest absolute Gasteiger partial charge is 0.460 e. The molecule has 242 valence electrons. The Hall–Kier alpha value is -4.01. The van der Waals surface area contributed by atoms with Gasteiger partial charge in [0.1, 0.15) is 12.6 Å². The Balaban J connectivity index is 1.68. The average Bonchev–Trinajstić information content (AvgIpc) is 3.07. The van der Waals surface area contributed by atoms with Crippen LogP contribution in [0.15, 0.2) is 91.0 Å². The van der Waals surface area contributed by atoms with Crippen molar-refractivity contribution >= 4 is 23.5 Å². The molecule has 0 spiro atoms. The zero-order valence-electron chi connectivity index (χ0n) is 26.7. The predicted octanol–water partition coefficient (Wildman–Crippen LogP) is 5.87. The number of para-hydroxylation sites is 1. The zero-order valence-corrected chi connectivity index (χ0v) is 26.7. The number of nitrogens with two attached hydrogens (primary N) is 1. The molecule has 0 heterocycles. The van der Waals surface area contributed by atoms with E-state index in [2.05, 4.69) is 10.6 Å². The quantitative estimate of drug-likeness (QED) is 0.102. The Labute approximate surface area is 268 Å². The molecule has 0 fully saturated rings. The molecular formula is C37H50N4O4. The highest BCUT2D eigenvalue weighted by Crippen LogP contribution is 2.13. The highest BCUT2D eigenvalue weighted by Gasteiger charge is 2.29. The SMILES string of the molecule is C[C@@H](N[C@@H](CCc1ccccc1)C(=O)N(CCCCCCCCCN)CC(=O)Nc1ccccc1)C(=O)OCc1ccccc1. The second-order valence-corrected chi connectivity index (χ2v) is 11.5. The number of ether oxygens (including phenoxy) is 1. The van der Waals surface area contributed by atoms with Gasteiger partial charge in [0.05, 0.1) is 12.6 Å². The van der Waals surface area contributed by atoms with Crippen LogP contribution in [0.3, 0.4) is 0 Å². The minimum absolute atomic E-state index is 0.0689. The molecule has 0 unspecified atom stereocenters. The van der Waals surface area contributed by atoms with Gasteiger partial charge in [-0.05, 0) is 62.4 Å². The standard InChI is InChI=1S/C37H50N4O4/c1-30(37(44)45-29-32-20-12-8-13-21-32)39-34(25-24-31-18-10-7-11-19-31)36(43)41(27-17-6-4-2-3-5-16-26-38)28-35(42)40-33-22-14-9-15-23-33/h7-15,18-23,30,34,39H,2-6,16-17,24-29,38H2,1H3,(H,40,42)/t30-,34+/m1/s1. The van der Waals surface area contributed by atoms with Gasteiger partial charge in [-0.15, -0.1) is 0 Å². The fraction of sp³-hybridized carbons (Fsp3) is 0.432. The number of unbranched alkanes of at least 4 members (excludes halogenated alkanes) is 6. The molecule has 0 aromatic heterocycles. The smallest absolute Gasteiger partial charge is 0.323 e. The Morgan fingerprint density at radius 2 is 1.31 bits per heavy atom. The monoisotopic (exact) mass is 614 g/mol. The maximum absolute atomic E-state index is 14.1. The van der Waals surface area contributed by atoms with Crippen molar-refractivity contribution in [3.8, 4) is 0 Å². The van der Waals surface area contributed by atoms with Crippen LogP contribution in [0.25, 0.3) is 0 Å². The van der Waals surface area contributed by atoms with Gasteiger partial charge in [0.25, 0.3) is 0 Å². The predicted molar refractivity (Wildman–Crippen MR) is 180 cm³/mol. The summed E-state index contributed by atoms with van der Waals surface area (Å²) in [5.41, 5.74) is 8.28. The Kier molecular flexibility index (Phi) is 16.4. The zero-order chi connectivity index (χ0) is 32.1. The lowest BCUT2D eigenvalue weighted by Crippen LogP contribution is -2.53. The molecule has 0 aliphatic rings. The van der Waals surface area contributed by atoms with E-state index in [-0.39, 0.29) is 25.0 Å². The fourth-order valence-electron chi connectivity index (χ4n) is 5.17. The third-order valence-corrected chi connectivity index (χ3v) is 7.73. The molecule has 2 atom stereocenters. The van der Waals surface area contributed by atoms with Crippen molar-refractivity contribution in [2.45, 2.75) is 83.4 Å². The number of carbonyl (C=O) groups excluding carboxylic acids is 3. The number of nitrogens with zero attached hydrogens (tertiary/aromatic N) is 1. The van der Waals surface area contributed by atoms with Crippen LogP contribution in [-0.2, 0) is 32.1 Å². The number of nitrogens with one attached hydrogen (secondary N) is 2. The lowest BCUT2D eigenvalue weighted by Gasteiger charge is -2.29.